The van der Waals surface area contributed by atoms with Gasteiger partial charge in [0.1, 0.15) is 12.2 Å². The van der Waals surface area contributed by atoms with Crippen LogP contribution in [0, 0.1) is 6.92 Å². The monoisotopic (exact) mass is 345 g/mol. The van der Waals surface area contributed by atoms with Gasteiger partial charge < -0.3 is 5.73 Å². The summed E-state index contributed by atoms with van der Waals surface area (Å²) in [5.74, 6) is 1.15. The molecule has 0 spiro atoms. The quantitative estimate of drug-likeness (QED) is 0.518. The van der Waals surface area contributed by atoms with Gasteiger partial charge in [0.15, 0.2) is 6.04 Å². The summed E-state index contributed by atoms with van der Waals surface area (Å²) >= 11 is 1.92. The Labute approximate surface area is 152 Å². The molecule has 1 aliphatic heterocycles. The lowest BCUT2D eigenvalue weighted by atomic mass is 10.0. The van der Waals surface area contributed by atoms with Crippen molar-refractivity contribution < 1.29 is 4.58 Å². The van der Waals surface area contributed by atoms with Crippen LogP contribution in [0.15, 0.2) is 30.0 Å². The number of hydrogen-bond donors (Lipinski definition) is 1. The minimum absolute atomic E-state index is 0.584. The average Bonchev–Trinajstić information content (AvgIpc) is 2.95. The lowest BCUT2D eigenvalue weighted by Gasteiger charge is -2.09. The van der Waals surface area contributed by atoms with E-state index in [4.69, 9.17) is 5.73 Å². The van der Waals surface area contributed by atoms with Gasteiger partial charge in [0.2, 0.25) is 0 Å². The highest BCUT2D eigenvalue weighted by molar-refractivity contribution is 8.14. The van der Waals surface area contributed by atoms with Crippen molar-refractivity contribution in [3.8, 4) is 0 Å². The van der Waals surface area contributed by atoms with E-state index in [0.717, 1.165) is 18.0 Å². The lowest BCUT2D eigenvalue weighted by molar-refractivity contribution is -0.552. The maximum Gasteiger partial charge on any atom is 0.258 e. The number of thioether (sulfide) groups is 1. The maximum absolute atomic E-state index is 6.58. The van der Waals surface area contributed by atoms with Gasteiger partial charge in [-0.05, 0) is 50.1 Å². The van der Waals surface area contributed by atoms with E-state index in [1.807, 2.05) is 11.8 Å². The number of nitrogens with zero attached hydrogens (tertiary/aromatic N) is 1. The third kappa shape index (κ3) is 4.89. The molecule has 24 heavy (non-hydrogen) atoms. The summed E-state index contributed by atoms with van der Waals surface area (Å²) in [7, 11) is 0. The van der Waals surface area contributed by atoms with Crippen molar-refractivity contribution in [2.24, 2.45) is 5.73 Å². The third-order valence-corrected chi connectivity index (χ3v) is 6.25. The molecule has 2 N–H and O–H groups in total. The zero-order chi connectivity index (χ0) is 17.5. The van der Waals surface area contributed by atoms with E-state index in [9.17, 15) is 0 Å². The number of benzene rings is 1. The minimum Gasteiger partial charge on any atom is -0.393 e. The highest BCUT2D eigenvalue weighted by Gasteiger charge is 2.32. The van der Waals surface area contributed by atoms with E-state index in [-0.39, 0.29) is 0 Å². The second-order valence-corrected chi connectivity index (χ2v) is 7.99. The van der Waals surface area contributed by atoms with Crippen molar-refractivity contribution in [2.75, 3.05) is 12.3 Å². The third-order valence-electron chi connectivity index (χ3n) is 4.88. The Bertz CT molecular complexity index is 599. The molecule has 0 aromatic heterocycles. The molecule has 0 amide bonds. The fraction of sp³-hybridized carbons (Fsp3) is 0.571. The minimum atomic E-state index is 0.584. The molecule has 0 bridgehead atoms. The maximum atomic E-state index is 6.58. The molecule has 3 heteroatoms. The first-order chi connectivity index (χ1) is 11.5. The van der Waals surface area contributed by atoms with Gasteiger partial charge in [0, 0.05) is 6.42 Å². The summed E-state index contributed by atoms with van der Waals surface area (Å²) in [6.45, 7) is 9.99. The van der Waals surface area contributed by atoms with Gasteiger partial charge in [-0.25, -0.2) is 4.58 Å². The Balaban J connectivity index is 2.15. The number of rotatable bonds is 8. The fourth-order valence-electron chi connectivity index (χ4n) is 3.13. The Morgan fingerprint density at radius 1 is 1.17 bits per heavy atom. The molecule has 0 fully saturated rings. The molecule has 0 radical (unpaired) electrons. The second-order valence-electron chi connectivity index (χ2n) is 6.98. The summed E-state index contributed by atoms with van der Waals surface area (Å²) in [5.41, 5.74) is 11.3. The highest BCUT2D eigenvalue weighted by atomic mass is 32.2. The molecular weight excluding hydrogens is 312 g/mol. The Kier molecular flexibility index (Phi) is 7.41. The summed E-state index contributed by atoms with van der Waals surface area (Å²) in [5, 5.41) is 1.29. The molecule has 1 heterocycles. The SMILES string of the molecule is CCCCCCC[N+]1=C(C(N)=C(C)c2ccc(C)cc2)SCC1C. The van der Waals surface area contributed by atoms with E-state index in [1.54, 1.807) is 0 Å². The number of aryl methyl sites for hydroxylation is 1. The van der Waals surface area contributed by atoms with Crippen molar-refractivity contribution >= 4 is 22.4 Å². The standard InChI is InChI=1S/C21H33N2S/c1-5-6-7-8-9-14-23-17(3)15-24-21(23)20(22)18(4)19-12-10-16(2)11-13-19/h10-13,17H,5-9,14-15,22H2,1-4H3/q+1. The Morgan fingerprint density at radius 2 is 1.83 bits per heavy atom. The zero-order valence-corrected chi connectivity index (χ0v) is 16.6. The van der Waals surface area contributed by atoms with E-state index >= 15 is 0 Å². The molecule has 1 atom stereocenters. The molecule has 1 aromatic carbocycles. The normalized spacial score (nSPS) is 18.9. The first-order valence-electron chi connectivity index (χ1n) is 9.34. The fourth-order valence-corrected chi connectivity index (χ4v) is 4.46. The van der Waals surface area contributed by atoms with Crippen LogP contribution in [0.25, 0.3) is 5.57 Å². The number of allylic oxidation sites excluding steroid dienone is 1. The van der Waals surface area contributed by atoms with Crippen LogP contribution < -0.4 is 5.73 Å². The lowest BCUT2D eigenvalue weighted by Crippen LogP contribution is -2.27. The summed E-state index contributed by atoms with van der Waals surface area (Å²) in [4.78, 5) is 0. The van der Waals surface area contributed by atoms with E-state index in [2.05, 4.69) is 56.5 Å². The molecule has 1 unspecified atom stereocenters. The van der Waals surface area contributed by atoms with Crippen LogP contribution in [0.4, 0.5) is 0 Å². The van der Waals surface area contributed by atoms with Gasteiger partial charge in [-0.3, -0.25) is 0 Å². The first-order valence-corrected chi connectivity index (χ1v) is 10.3. The molecule has 2 rings (SSSR count). The smallest absolute Gasteiger partial charge is 0.258 e. The summed E-state index contributed by atoms with van der Waals surface area (Å²) in [6, 6.07) is 9.26. The second kappa shape index (κ2) is 9.31. The van der Waals surface area contributed by atoms with E-state index in [0.29, 0.717) is 6.04 Å². The van der Waals surface area contributed by atoms with Crippen LogP contribution in [0.2, 0.25) is 0 Å². The van der Waals surface area contributed by atoms with Crippen molar-refractivity contribution in [2.45, 2.75) is 65.8 Å². The molecule has 0 aliphatic carbocycles. The molecule has 0 saturated heterocycles. The predicted octanol–water partition coefficient (Wildman–Crippen LogP) is 5.20. The Hall–Kier alpha value is -1.22. The van der Waals surface area contributed by atoms with Crippen LogP contribution in [-0.4, -0.2) is 28.0 Å². The van der Waals surface area contributed by atoms with Crippen LogP contribution >= 0.6 is 11.8 Å². The summed E-state index contributed by atoms with van der Waals surface area (Å²) < 4.78 is 2.53. The van der Waals surface area contributed by atoms with Crippen LogP contribution in [0.1, 0.15) is 64.0 Å². The van der Waals surface area contributed by atoms with E-state index < -0.39 is 0 Å². The summed E-state index contributed by atoms with van der Waals surface area (Å²) in [6.07, 6.45) is 6.62. The highest BCUT2D eigenvalue weighted by Crippen LogP contribution is 2.26. The predicted molar refractivity (Wildman–Crippen MR) is 109 cm³/mol. The number of hydrogen-bond acceptors (Lipinski definition) is 2. The van der Waals surface area contributed by atoms with Gasteiger partial charge in [0.25, 0.3) is 5.04 Å². The van der Waals surface area contributed by atoms with Gasteiger partial charge in [0.05, 0.1) is 5.75 Å². The van der Waals surface area contributed by atoms with Crippen molar-refractivity contribution in [1.29, 1.82) is 0 Å². The molecule has 1 aliphatic rings. The van der Waals surface area contributed by atoms with Crippen molar-refractivity contribution in [1.82, 2.24) is 0 Å². The average molecular weight is 346 g/mol. The molecule has 1 aromatic rings. The van der Waals surface area contributed by atoms with Crippen molar-refractivity contribution in [3.63, 3.8) is 0 Å². The number of nitrogens with two attached hydrogens (primary N) is 1. The van der Waals surface area contributed by atoms with Crippen molar-refractivity contribution in [3.05, 3.63) is 41.1 Å². The van der Waals surface area contributed by atoms with Crippen LogP contribution in [0.5, 0.6) is 0 Å². The largest absolute Gasteiger partial charge is 0.393 e. The van der Waals surface area contributed by atoms with Crippen LogP contribution in [-0.2, 0) is 0 Å². The molecule has 132 valence electrons. The van der Waals surface area contributed by atoms with Gasteiger partial charge in [-0.2, -0.15) is 0 Å². The van der Waals surface area contributed by atoms with Gasteiger partial charge >= 0.3 is 0 Å². The Morgan fingerprint density at radius 3 is 2.50 bits per heavy atom. The number of unbranched alkanes of at least 4 members (excludes halogenated alkanes) is 4. The molecule has 2 nitrogen and oxygen atoms in total. The van der Waals surface area contributed by atoms with Gasteiger partial charge in [-0.1, -0.05) is 56.0 Å². The molecular formula is C21H33N2S+. The van der Waals surface area contributed by atoms with Gasteiger partial charge in [-0.15, -0.1) is 0 Å². The van der Waals surface area contributed by atoms with E-state index in [1.165, 1.54) is 53.8 Å². The first kappa shape index (κ1) is 19.1. The van der Waals surface area contributed by atoms with Crippen LogP contribution in [0.3, 0.4) is 0 Å². The topological polar surface area (TPSA) is 29.0 Å². The molecule has 0 saturated carbocycles. The zero-order valence-electron chi connectivity index (χ0n) is 15.8.